The van der Waals surface area contributed by atoms with E-state index in [0.717, 1.165) is 44.9 Å². The SMILES string of the molecule is OCCCCCONOC1CC/C=C/CCC1. The van der Waals surface area contributed by atoms with Crippen molar-refractivity contribution in [2.24, 2.45) is 0 Å². The highest BCUT2D eigenvalue weighted by Gasteiger charge is 2.09. The summed E-state index contributed by atoms with van der Waals surface area (Å²) in [4.78, 5) is 10.7. The van der Waals surface area contributed by atoms with Gasteiger partial charge in [0, 0.05) is 6.61 Å². The average molecular weight is 243 g/mol. The Morgan fingerprint density at radius 2 is 2.00 bits per heavy atom. The van der Waals surface area contributed by atoms with Gasteiger partial charge in [0.25, 0.3) is 0 Å². The normalized spacial score (nSPS) is 23.0. The van der Waals surface area contributed by atoms with E-state index in [1.54, 1.807) is 0 Å². The molecule has 0 aromatic heterocycles. The van der Waals surface area contributed by atoms with E-state index in [-0.39, 0.29) is 12.7 Å². The fourth-order valence-electron chi connectivity index (χ4n) is 1.85. The summed E-state index contributed by atoms with van der Waals surface area (Å²) in [6, 6.07) is 0. The van der Waals surface area contributed by atoms with Crippen LogP contribution in [-0.4, -0.2) is 24.4 Å². The zero-order chi connectivity index (χ0) is 12.2. The van der Waals surface area contributed by atoms with Gasteiger partial charge in [-0.2, -0.15) is 0 Å². The number of rotatable bonds is 8. The number of nitrogens with one attached hydrogen (secondary N) is 1. The van der Waals surface area contributed by atoms with Crippen LogP contribution in [0.3, 0.4) is 0 Å². The summed E-state index contributed by atoms with van der Waals surface area (Å²) in [6.45, 7) is 0.895. The minimum atomic E-state index is 0.261. The molecule has 4 nitrogen and oxygen atoms in total. The average Bonchev–Trinajstić information content (AvgIpc) is 2.30. The van der Waals surface area contributed by atoms with Gasteiger partial charge in [0.1, 0.15) is 0 Å². The predicted octanol–water partition coefficient (Wildman–Crippen LogP) is 2.49. The molecule has 0 bridgehead atoms. The van der Waals surface area contributed by atoms with Crippen LogP contribution in [0.15, 0.2) is 12.2 Å². The topological polar surface area (TPSA) is 50.7 Å². The zero-order valence-electron chi connectivity index (χ0n) is 10.6. The number of hydrogen-bond donors (Lipinski definition) is 2. The Morgan fingerprint density at radius 3 is 2.88 bits per heavy atom. The van der Waals surface area contributed by atoms with E-state index in [9.17, 15) is 0 Å². The number of aliphatic hydroxyl groups is 1. The number of hydrogen-bond acceptors (Lipinski definition) is 4. The Morgan fingerprint density at radius 1 is 1.12 bits per heavy atom. The zero-order valence-corrected chi connectivity index (χ0v) is 10.6. The Labute approximate surface area is 104 Å². The van der Waals surface area contributed by atoms with Gasteiger partial charge in [-0.3, -0.25) is 9.68 Å². The second-order valence-corrected chi connectivity index (χ2v) is 4.44. The summed E-state index contributed by atoms with van der Waals surface area (Å²) in [7, 11) is 0. The molecule has 0 fully saturated rings. The van der Waals surface area contributed by atoms with E-state index in [1.165, 1.54) is 6.42 Å². The maximum absolute atomic E-state index is 8.60. The van der Waals surface area contributed by atoms with E-state index in [0.29, 0.717) is 6.61 Å². The van der Waals surface area contributed by atoms with Gasteiger partial charge >= 0.3 is 0 Å². The number of allylic oxidation sites excluding steroid dienone is 2. The van der Waals surface area contributed by atoms with Crippen molar-refractivity contribution in [1.29, 1.82) is 0 Å². The summed E-state index contributed by atoms with van der Waals surface area (Å²) in [5.74, 6) is 0. The smallest absolute Gasteiger partial charge is 0.0820 e. The van der Waals surface area contributed by atoms with Crippen LogP contribution in [0.25, 0.3) is 0 Å². The molecule has 4 heteroatoms. The second-order valence-electron chi connectivity index (χ2n) is 4.44. The molecule has 0 aromatic carbocycles. The molecule has 17 heavy (non-hydrogen) atoms. The van der Waals surface area contributed by atoms with Crippen molar-refractivity contribution in [2.45, 2.75) is 57.5 Å². The maximum Gasteiger partial charge on any atom is 0.0820 e. The molecule has 0 aliphatic heterocycles. The van der Waals surface area contributed by atoms with Crippen LogP contribution in [0, 0.1) is 0 Å². The van der Waals surface area contributed by atoms with E-state index in [1.807, 2.05) is 0 Å². The lowest BCUT2D eigenvalue weighted by Gasteiger charge is -2.17. The van der Waals surface area contributed by atoms with Crippen molar-refractivity contribution < 1.29 is 14.8 Å². The minimum absolute atomic E-state index is 0.261. The highest BCUT2D eigenvalue weighted by Crippen LogP contribution is 2.14. The molecule has 1 atom stereocenters. The predicted molar refractivity (Wildman–Crippen MR) is 67.1 cm³/mol. The molecule has 100 valence electrons. The molecule has 1 rings (SSSR count). The van der Waals surface area contributed by atoms with Crippen LogP contribution >= 0.6 is 0 Å². The van der Waals surface area contributed by atoms with Gasteiger partial charge in [-0.15, -0.1) is 0 Å². The van der Waals surface area contributed by atoms with Crippen LogP contribution < -0.4 is 5.64 Å². The van der Waals surface area contributed by atoms with E-state index < -0.39 is 0 Å². The Bertz CT molecular complexity index is 197. The first-order valence-corrected chi connectivity index (χ1v) is 6.72. The Hall–Kier alpha value is -0.420. The third-order valence-electron chi connectivity index (χ3n) is 2.90. The first kappa shape index (κ1) is 14.6. The lowest BCUT2D eigenvalue weighted by molar-refractivity contribution is -0.201. The molecule has 2 N–H and O–H groups in total. The first-order chi connectivity index (χ1) is 8.43. The largest absolute Gasteiger partial charge is 0.396 e. The molecule has 0 heterocycles. The molecule has 1 unspecified atom stereocenters. The van der Waals surface area contributed by atoms with Gasteiger partial charge in [-0.1, -0.05) is 17.8 Å². The van der Waals surface area contributed by atoms with Crippen LogP contribution in [0.4, 0.5) is 0 Å². The molecule has 1 aliphatic carbocycles. The standard InChI is InChI=1S/C13H25NO3/c15-11-7-4-8-12-16-14-17-13-9-5-2-1-3-6-10-13/h1-2,13-15H,3-12H2/b2-1+. The molecule has 0 spiro atoms. The highest BCUT2D eigenvalue weighted by atomic mass is 16.9. The quantitative estimate of drug-likeness (QED) is 0.391. The fourth-order valence-corrected chi connectivity index (χ4v) is 1.85. The molecule has 1 aliphatic rings. The van der Waals surface area contributed by atoms with Crippen molar-refractivity contribution >= 4 is 0 Å². The summed E-state index contributed by atoms with van der Waals surface area (Å²) >= 11 is 0. The summed E-state index contributed by atoms with van der Waals surface area (Å²) in [6.07, 6.45) is 13.1. The van der Waals surface area contributed by atoms with Crippen LogP contribution in [-0.2, 0) is 9.68 Å². The molecule has 0 saturated carbocycles. The van der Waals surface area contributed by atoms with Gasteiger partial charge in [-0.25, -0.2) is 0 Å². The van der Waals surface area contributed by atoms with E-state index in [2.05, 4.69) is 17.8 Å². The molecule has 0 radical (unpaired) electrons. The summed E-state index contributed by atoms with van der Waals surface area (Å²) < 4.78 is 0. The number of aliphatic hydroxyl groups excluding tert-OH is 1. The number of unbranched alkanes of at least 4 members (excludes halogenated alkanes) is 2. The van der Waals surface area contributed by atoms with Gasteiger partial charge in [0.2, 0.25) is 0 Å². The monoisotopic (exact) mass is 243 g/mol. The lowest BCUT2D eigenvalue weighted by atomic mass is 10.0. The molecule has 0 aromatic rings. The van der Waals surface area contributed by atoms with Gasteiger partial charge in [0.05, 0.1) is 12.7 Å². The lowest BCUT2D eigenvalue weighted by Crippen LogP contribution is -2.25. The van der Waals surface area contributed by atoms with Crippen molar-refractivity contribution in [3.8, 4) is 0 Å². The first-order valence-electron chi connectivity index (χ1n) is 6.72. The molecular weight excluding hydrogens is 218 g/mol. The third kappa shape index (κ3) is 8.32. The van der Waals surface area contributed by atoms with Crippen LogP contribution in [0.2, 0.25) is 0 Å². The summed E-state index contributed by atoms with van der Waals surface area (Å²) in [5.41, 5.74) is 2.59. The third-order valence-corrected chi connectivity index (χ3v) is 2.90. The highest BCUT2D eigenvalue weighted by molar-refractivity contribution is 4.85. The molecule has 0 amide bonds. The van der Waals surface area contributed by atoms with Crippen molar-refractivity contribution in [3.63, 3.8) is 0 Å². The van der Waals surface area contributed by atoms with Gasteiger partial charge < -0.3 is 5.11 Å². The van der Waals surface area contributed by atoms with E-state index in [4.69, 9.17) is 14.8 Å². The molecular formula is C13H25NO3. The Kier molecular flexibility index (Phi) is 9.23. The molecule has 0 saturated heterocycles. The van der Waals surface area contributed by atoms with Crippen LogP contribution in [0.5, 0.6) is 0 Å². The van der Waals surface area contributed by atoms with Gasteiger partial charge in [-0.05, 0) is 51.4 Å². The summed E-state index contributed by atoms with van der Waals surface area (Å²) in [5, 5.41) is 8.60. The van der Waals surface area contributed by atoms with Crippen LogP contribution in [0.1, 0.15) is 51.4 Å². The second kappa shape index (κ2) is 10.7. The van der Waals surface area contributed by atoms with Crippen molar-refractivity contribution in [2.75, 3.05) is 13.2 Å². The minimum Gasteiger partial charge on any atom is -0.396 e. The Balaban J connectivity index is 1.92. The fraction of sp³-hybridized carbons (Fsp3) is 0.846. The van der Waals surface area contributed by atoms with Crippen molar-refractivity contribution in [3.05, 3.63) is 12.2 Å². The maximum atomic E-state index is 8.60. The van der Waals surface area contributed by atoms with E-state index >= 15 is 0 Å². The van der Waals surface area contributed by atoms with Crippen molar-refractivity contribution in [1.82, 2.24) is 5.64 Å². The van der Waals surface area contributed by atoms with Gasteiger partial charge in [0.15, 0.2) is 0 Å².